The van der Waals surface area contributed by atoms with E-state index in [1.807, 2.05) is 71.6 Å². The van der Waals surface area contributed by atoms with E-state index in [2.05, 4.69) is 31.0 Å². The summed E-state index contributed by atoms with van der Waals surface area (Å²) in [6, 6.07) is 26.1. The summed E-state index contributed by atoms with van der Waals surface area (Å²) < 4.78 is 5.65. The first-order chi connectivity index (χ1) is 15.2. The first kappa shape index (κ1) is 20.7. The summed E-state index contributed by atoms with van der Waals surface area (Å²) >= 11 is 0. The smallest absolute Gasteiger partial charge is 0.258 e. The Morgan fingerprint density at radius 3 is 2.42 bits per heavy atom. The summed E-state index contributed by atoms with van der Waals surface area (Å²) in [6.45, 7) is 6.90. The highest BCUT2D eigenvalue weighted by Crippen LogP contribution is 2.40. The number of nitrogens with one attached hydrogen (secondary N) is 1. The van der Waals surface area contributed by atoms with Crippen molar-refractivity contribution >= 4 is 11.6 Å². The van der Waals surface area contributed by atoms with Gasteiger partial charge in [0.1, 0.15) is 18.0 Å². The van der Waals surface area contributed by atoms with Crippen LogP contribution in [0.25, 0.3) is 0 Å². The third-order valence-electron chi connectivity index (χ3n) is 5.88. The third-order valence-corrected chi connectivity index (χ3v) is 5.88. The highest BCUT2D eigenvalue weighted by molar-refractivity contribution is 6.02. The van der Waals surface area contributed by atoms with E-state index in [1.165, 1.54) is 5.56 Å². The Morgan fingerprint density at radius 1 is 1.00 bits per heavy atom. The maximum atomic E-state index is 13.6. The van der Waals surface area contributed by atoms with E-state index in [1.54, 1.807) is 6.08 Å². The summed E-state index contributed by atoms with van der Waals surface area (Å²) in [5.41, 5.74) is 3.21. The summed E-state index contributed by atoms with van der Waals surface area (Å²) in [7, 11) is 0. The second kappa shape index (κ2) is 9.09. The number of amides is 1. The molecule has 1 amide bonds. The van der Waals surface area contributed by atoms with Crippen LogP contribution in [0.15, 0.2) is 91.5 Å². The van der Waals surface area contributed by atoms with Gasteiger partial charge in [0.05, 0.1) is 5.56 Å². The van der Waals surface area contributed by atoms with Gasteiger partial charge in [-0.1, -0.05) is 74.2 Å². The lowest BCUT2D eigenvalue weighted by molar-refractivity contribution is 0.0487. The first-order valence-electron chi connectivity index (χ1n) is 10.8. The van der Waals surface area contributed by atoms with E-state index < -0.39 is 5.66 Å². The molecule has 3 aromatic carbocycles. The number of carbonyl (C=O) groups excluding carboxylic acids is 1. The Balaban J connectivity index is 1.72. The molecule has 158 valence electrons. The lowest BCUT2D eigenvalue weighted by atomic mass is 9.89. The Bertz CT molecular complexity index is 1050. The van der Waals surface area contributed by atoms with E-state index in [0.29, 0.717) is 18.7 Å². The van der Waals surface area contributed by atoms with Gasteiger partial charge in [0.15, 0.2) is 0 Å². The van der Waals surface area contributed by atoms with Crippen molar-refractivity contribution in [1.29, 1.82) is 0 Å². The van der Waals surface area contributed by atoms with Gasteiger partial charge in [0.2, 0.25) is 0 Å². The summed E-state index contributed by atoms with van der Waals surface area (Å²) in [5.74, 6) is 0.840. The van der Waals surface area contributed by atoms with Crippen molar-refractivity contribution in [1.82, 2.24) is 4.90 Å². The fraction of sp³-hybridized carbons (Fsp3) is 0.222. The van der Waals surface area contributed by atoms with Gasteiger partial charge >= 0.3 is 0 Å². The molecule has 0 radical (unpaired) electrons. The molecule has 4 rings (SSSR count). The molecule has 3 aromatic rings. The molecule has 1 N–H and O–H groups in total. The number of fused-ring (bicyclic) bond motifs is 1. The van der Waals surface area contributed by atoms with E-state index in [0.717, 1.165) is 29.8 Å². The zero-order valence-electron chi connectivity index (χ0n) is 17.9. The maximum Gasteiger partial charge on any atom is 0.258 e. The Kier molecular flexibility index (Phi) is 6.08. The van der Waals surface area contributed by atoms with Gasteiger partial charge in [-0.05, 0) is 48.2 Å². The predicted octanol–water partition coefficient (Wildman–Crippen LogP) is 5.62. The minimum absolute atomic E-state index is 0.0547. The fourth-order valence-electron chi connectivity index (χ4n) is 4.26. The van der Waals surface area contributed by atoms with Crippen LogP contribution in [0.3, 0.4) is 0 Å². The van der Waals surface area contributed by atoms with E-state index in [9.17, 15) is 4.79 Å². The van der Waals surface area contributed by atoms with E-state index in [4.69, 9.17) is 4.74 Å². The monoisotopic (exact) mass is 412 g/mol. The number of ether oxygens (including phenoxy) is 1. The molecule has 4 heteroatoms. The summed E-state index contributed by atoms with van der Waals surface area (Å²) in [6.07, 6.45) is 3.25. The van der Waals surface area contributed by atoms with Crippen LogP contribution >= 0.6 is 0 Å². The molecule has 0 aliphatic carbocycles. The molecule has 1 unspecified atom stereocenters. The number of carbonyl (C=O) groups is 1. The van der Waals surface area contributed by atoms with E-state index >= 15 is 0 Å². The van der Waals surface area contributed by atoms with Gasteiger partial charge in [-0.15, -0.1) is 0 Å². The molecule has 1 heterocycles. The highest BCUT2D eigenvalue weighted by Gasteiger charge is 2.44. The van der Waals surface area contributed by atoms with Crippen molar-refractivity contribution in [2.75, 3.05) is 18.5 Å². The van der Waals surface area contributed by atoms with Gasteiger partial charge in [0, 0.05) is 12.2 Å². The van der Waals surface area contributed by atoms with Gasteiger partial charge in [0.25, 0.3) is 5.91 Å². The molecular formula is C27H28N2O2. The molecule has 0 bridgehead atoms. The number of para-hydroxylation sites is 1. The van der Waals surface area contributed by atoms with Crippen LogP contribution in [0.1, 0.15) is 34.8 Å². The SMILES string of the molecule is C=CCOc1ccc(C2(CC)Nc3ccccc3C(=O)N2CCc2ccccc2)cc1. The fourth-order valence-corrected chi connectivity index (χ4v) is 4.26. The molecule has 31 heavy (non-hydrogen) atoms. The minimum atomic E-state index is -0.628. The summed E-state index contributed by atoms with van der Waals surface area (Å²) in [5, 5.41) is 3.70. The van der Waals surface area contributed by atoms with Crippen molar-refractivity contribution in [3.8, 4) is 5.75 Å². The molecule has 0 fully saturated rings. The molecule has 0 aromatic heterocycles. The van der Waals surface area contributed by atoms with Crippen molar-refractivity contribution in [2.45, 2.75) is 25.4 Å². The van der Waals surface area contributed by atoms with Crippen LogP contribution < -0.4 is 10.1 Å². The topological polar surface area (TPSA) is 41.6 Å². The average molecular weight is 413 g/mol. The lowest BCUT2D eigenvalue weighted by Gasteiger charge is -2.48. The molecular weight excluding hydrogens is 384 g/mol. The largest absolute Gasteiger partial charge is 0.490 e. The molecule has 4 nitrogen and oxygen atoms in total. The second-order valence-corrected chi connectivity index (χ2v) is 7.70. The standard InChI is InChI=1S/C27H28N2O2/c1-3-20-31-23-16-14-22(15-17-23)27(4-2)28-25-13-9-8-12-24(25)26(30)29(27)19-18-21-10-6-5-7-11-21/h3,5-17,28H,1,4,18-20H2,2H3. The highest BCUT2D eigenvalue weighted by atomic mass is 16.5. The molecule has 0 saturated carbocycles. The predicted molar refractivity (Wildman–Crippen MR) is 125 cm³/mol. The quantitative estimate of drug-likeness (QED) is 0.488. The molecule has 0 saturated heterocycles. The summed E-state index contributed by atoms with van der Waals surface area (Å²) in [4.78, 5) is 15.6. The van der Waals surface area contributed by atoms with Gasteiger partial charge < -0.3 is 15.0 Å². The number of rotatable bonds is 8. The van der Waals surface area contributed by atoms with Crippen LogP contribution in [-0.4, -0.2) is 24.0 Å². The van der Waals surface area contributed by atoms with Crippen LogP contribution in [-0.2, 0) is 12.1 Å². The molecule has 0 spiro atoms. The van der Waals surface area contributed by atoms with Gasteiger partial charge in [-0.25, -0.2) is 0 Å². The lowest BCUT2D eigenvalue weighted by Crippen LogP contribution is -2.57. The van der Waals surface area contributed by atoms with Crippen LogP contribution in [0.5, 0.6) is 5.75 Å². The molecule has 1 aliphatic heterocycles. The normalized spacial score (nSPS) is 17.6. The molecule has 1 aliphatic rings. The zero-order chi connectivity index (χ0) is 21.7. The number of hydrogen-bond donors (Lipinski definition) is 1. The van der Waals surface area contributed by atoms with Crippen LogP contribution in [0.4, 0.5) is 5.69 Å². The first-order valence-corrected chi connectivity index (χ1v) is 10.8. The van der Waals surface area contributed by atoms with E-state index in [-0.39, 0.29) is 5.91 Å². The number of anilines is 1. The number of nitrogens with zero attached hydrogens (tertiary/aromatic N) is 1. The average Bonchev–Trinajstić information content (AvgIpc) is 2.83. The number of benzene rings is 3. The Hall–Kier alpha value is -3.53. The second-order valence-electron chi connectivity index (χ2n) is 7.70. The Morgan fingerprint density at radius 2 is 1.71 bits per heavy atom. The maximum absolute atomic E-state index is 13.6. The Labute approximate surface area is 184 Å². The van der Waals surface area contributed by atoms with Crippen LogP contribution in [0, 0.1) is 0 Å². The van der Waals surface area contributed by atoms with Crippen molar-refractivity contribution < 1.29 is 9.53 Å². The van der Waals surface area contributed by atoms with Crippen molar-refractivity contribution in [3.05, 3.63) is 108 Å². The van der Waals surface area contributed by atoms with Gasteiger partial charge in [-0.2, -0.15) is 0 Å². The number of hydrogen-bond acceptors (Lipinski definition) is 3. The van der Waals surface area contributed by atoms with Crippen molar-refractivity contribution in [3.63, 3.8) is 0 Å². The molecule has 1 atom stereocenters. The van der Waals surface area contributed by atoms with Crippen molar-refractivity contribution in [2.24, 2.45) is 0 Å². The third kappa shape index (κ3) is 4.06. The van der Waals surface area contributed by atoms with Gasteiger partial charge in [-0.3, -0.25) is 4.79 Å². The minimum Gasteiger partial charge on any atom is -0.490 e. The van der Waals surface area contributed by atoms with Crippen LogP contribution in [0.2, 0.25) is 0 Å². The zero-order valence-corrected chi connectivity index (χ0v) is 17.9.